The lowest BCUT2D eigenvalue weighted by Gasteiger charge is -2.29. The zero-order valence-electron chi connectivity index (χ0n) is 17.3. The van der Waals surface area contributed by atoms with E-state index in [1.165, 1.54) is 22.8 Å². The number of carbonyl (C=O) groups is 1. The number of hydrogen-bond donors (Lipinski definition) is 0. The molecule has 0 N–H and O–H groups in total. The van der Waals surface area contributed by atoms with E-state index in [1.54, 1.807) is 30.5 Å². The molecule has 1 atom stereocenters. The van der Waals surface area contributed by atoms with E-state index in [2.05, 4.69) is 5.16 Å². The highest BCUT2D eigenvalue weighted by molar-refractivity contribution is 6.34. The molecule has 0 fully saturated rings. The van der Waals surface area contributed by atoms with Crippen LogP contribution >= 0.6 is 23.2 Å². The van der Waals surface area contributed by atoms with Gasteiger partial charge in [0.1, 0.15) is 0 Å². The van der Waals surface area contributed by atoms with Crippen LogP contribution < -0.4 is 0 Å². The van der Waals surface area contributed by atoms with Gasteiger partial charge in [-0.05, 0) is 48.0 Å². The summed E-state index contributed by atoms with van der Waals surface area (Å²) in [5, 5.41) is 4.79. The van der Waals surface area contributed by atoms with E-state index in [-0.39, 0.29) is 27.2 Å². The largest absolute Gasteiger partial charge is 0.435 e. The number of halogens is 5. The fraction of sp³-hybridized carbons (Fsp3) is 0.120. The van der Waals surface area contributed by atoms with Crippen LogP contribution in [0, 0.1) is 0 Å². The van der Waals surface area contributed by atoms with E-state index < -0.39 is 18.2 Å². The molecule has 3 aromatic carbocycles. The molecule has 5 rings (SSSR count). The van der Waals surface area contributed by atoms with E-state index in [9.17, 15) is 18.0 Å². The number of aromatic nitrogens is 1. The van der Waals surface area contributed by atoms with Crippen molar-refractivity contribution in [3.8, 4) is 0 Å². The lowest BCUT2D eigenvalue weighted by atomic mass is 9.86. The number of nitrogens with zero attached hydrogens (tertiary/aromatic N) is 2. The van der Waals surface area contributed by atoms with E-state index in [1.807, 2.05) is 30.3 Å². The fourth-order valence-corrected chi connectivity index (χ4v) is 4.58. The lowest BCUT2D eigenvalue weighted by molar-refractivity contribution is -0.275. The van der Waals surface area contributed by atoms with Crippen molar-refractivity contribution < 1.29 is 22.8 Å². The van der Waals surface area contributed by atoms with Crippen LogP contribution in [-0.4, -0.2) is 22.4 Å². The van der Waals surface area contributed by atoms with Crippen molar-refractivity contribution in [3.63, 3.8) is 0 Å². The molecule has 4 nitrogen and oxygen atoms in total. The SMILES string of the molecule is O=C(c1ccc(C2=NOC(c3cc(Cl)cc(Cl)c3)(C(F)(F)F)C2)cc1)n1ccc2ccccc21. The summed E-state index contributed by atoms with van der Waals surface area (Å²) in [6, 6.07) is 19.2. The summed E-state index contributed by atoms with van der Waals surface area (Å²) < 4.78 is 44.1. The normalized spacial score (nSPS) is 18.1. The average Bonchev–Trinajstić information content (AvgIpc) is 3.44. The Kier molecular flexibility index (Phi) is 5.41. The molecule has 34 heavy (non-hydrogen) atoms. The number of rotatable bonds is 3. The highest BCUT2D eigenvalue weighted by Gasteiger charge is 2.62. The number of hydrogen-bond acceptors (Lipinski definition) is 3. The van der Waals surface area contributed by atoms with Gasteiger partial charge < -0.3 is 4.84 Å². The molecule has 0 aliphatic carbocycles. The topological polar surface area (TPSA) is 43.6 Å². The predicted octanol–water partition coefficient (Wildman–Crippen LogP) is 7.22. The molecule has 4 aromatic rings. The smallest absolute Gasteiger partial charge is 0.374 e. The summed E-state index contributed by atoms with van der Waals surface area (Å²) in [6.45, 7) is 0. The molecule has 0 spiro atoms. The van der Waals surface area contributed by atoms with Crippen molar-refractivity contribution in [2.75, 3.05) is 0 Å². The summed E-state index contributed by atoms with van der Waals surface area (Å²) in [7, 11) is 0. The fourth-order valence-electron chi connectivity index (χ4n) is 4.05. The maximum Gasteiger partial charge on any atom is 0.435 e. The van der Waals surface area contributed by atoms with Crippen LogP contribution in [0.2, 0.25) is 10.0 Å². The molecule has 0 amide bonds. The predicted molar refractivity (Wildman–Crippen MR) is 125 cm³/mol. The molecule has 0 bridgehead atoms. The second-order valence-electron chi connectivity index (χ2n) is 7.92. The Bertz CT molecular complexity index is 1420. The van der Waals surface area contributed by atoms with Crippen molar-refractivity contribution >= 4 is 45.7 Å². The molecule has 9 heteroatoms. The van der Waals surface area contributed by atoms with Gasteiger partial charge in [0.2, 0.25) is 0 Å². The zero-order valence-corrected chi connectivity index (χ0v) is 18.8. The van der Waals surface area contributed by atoms with E-state index in [0.717, 1.165) is 10.9 Å². The van der Waals surface area contributed by atoms with Gasteiger partial charge in [0, 0.05) is 39.2 Å². The number of alkyl halides is 3. The Balaban J connectivity index is 1.43. The average molecular weight is 503 g/mol. The monoisotopic (exact) mass is 502 g/mol. The van der Waals surface area contributed by atoms with Gasteiger partial charge in [0.15, 0.2) is 0 Å². The number of para-hydroxylation sites is 1. The summed E-state index contributed by atoms with van der Waals surface area (Å²) in [6.07, 6.45) is -3.66. The molecule has 1 aromatic heterocycles. The minimum absolute atomic E-state index is 0.0589. The van der Waals surface area contributed by atoms with Crippen LogP contribution in [-0.2, 0) is 10.4 Å². The first-order valence-electron chi connectivity index (χ1n) is 10.2. The molecule has 1 aliphatic heterocycles. The minimum Gasteiger partial charge on any atom is -0.374 e. The third-order valence-electron chi connectivity index (χ3n) is 5.80. The molecule has 0 saturated carbocycles. The first-order valence-corrected chi connectivity index (χ1v) is 10.9. The van der Waals surface area contributed by atoms with Crippen molar-refractivity contribution in [1.29, 1.82) is 0 Å². The molecule has 0 saturated heterocycles. The first-order chi connectivity index (χ1) is 16.2. The Morgan fingerprint density at radius 2 is 1.65 bits per heavy atom. The van der Waals surface area contributed by atoms with Crippen molar-refractivity contribution in [1.82, 2.24) is 4.57 Å². The van der Waals surface area contributed by atoms with Gasteiger partial charge in [-0.2, -0.15) is 13.2 Å². The number of carbonyl (C=O) groups excluding carboxylic acids is 1. The van der Waals surface area contributed by atoms with Crippen molar-refractivity contribution in [2.24, 2.45) is 5.16 Å². The van der Waals surface area contributed by atoms with Gasteiger partial charge >= 0.3 is 6.18 Å². The quantitative estimate of drug-likeness (QED) is 0.296. The van der Waals surface area contributed by atoms with Crippen molar-refractivity contribution in [2.45, 2.75) is 18.2 Å². The van der Waals surface area contributed by atoms with Crippen LogP contribution in [0.5, 0.6) is 0 Å². The van der Waals surface area contributed by atoms with Crippen LogP contribution in [0.4, 0.5) is 13.2 Å². The third-order valence-corrected chi connectivity index (χ3v) is 6.23. The number of fused-ring (bicyclic) bond motifs is 1. The first kappa shape index (κ1) is 22.5. The number of benzene rings is 3. The molecular formula is C25H15Cl2F3N2O2. The maximum absolute atomic E-state index is 14.2. The van der Waals surface area contributed by atoms with Gasteiger partial charge in [0.25, 0.3) is 11.5 Å². The van der Waals surface area contributed by atoms with Gasteiger partial charge in [0.05, 0.1) is 11.2 Å². The maximum atomic E-state index is 14.2. The Morgan fingerprint density at radius 3 is 2.32 bits per heavy atom. The number of oxime groups is 1. The van der Waals surface area contributed by atoms with Gasteiger partial charge in [-0.25, -0.2) is 0 Å². The Labute approximate surface area is 202 Å². The van der Waals surface area contributed by atoms with Gasteiger partial charge in [-0.15, -0.1) is 0 Å². The van der Waals surface area contributed by atoms with E-state index in [4.69, 9.17) is 28.0 Å². The summed E-state index contributed by atoms with van der Waals surface area (Å²) in [5.74, 6) is -0.254. The van der Waals surface area contributed by atoms with Crippen LogP contribution in [0.3, 0.4) is 0 Å². The van der Waals surface area contributed by atoms with Crippen molar-refractivity contribution in [3.05, 3.63) is 106 Å². The second kappa shape index (κ2) is 8.18. The minimum atomic E-state index is -4.78. The zero-order chi connectivity index (χ0) is 24.1. The van der Waals surface area contributed by atoms with E-state index >= 15 is 0 Å². The van der Waals surface area contributed by atoms with Gasteiger partial charge in [-0.1, -0.05) is 58.7 Å². The summed E-state index contributed by atoms with van der Waals surface area (Å²) in [4.78, 5) is 18.0. The second-order valence-corrected chi connectivity index (χ2v) is 8.79. The molecule has 0 radical (unpaired) electrons. The highest BCUT2D eigenvalue weighted by Crippen LogP contribution is 2.49. The van der Waals surface area contributed by atoms with Crippen LogP contribution in [0.15, 0.2) is 84.1 Å². The van der Waals surface area contributed by atoms with E-state index in [0.29, 0.717) is 11.1 Å². The van der Waals surface area contributed by atoms with Crippen LogP contribution in [0.1, 0.15) is 27.9 Å². The lowest BCUT2D eigenvalue weighted by Crippen LogP contribution is -2.42. The molecule has 1 aliphatic rings. The summed E-state index contributed by atoms with van der Waals surface area (Å²) >= 11 is 11.9. The molecule has 172 valence electrons. The standard InChI is InChI=1S/C25H15Cl2F3N2O2/c26-19-11-18(12-20(27)13-19)24(25(28,29)30)14-21(31-34-24)15-5-7-17(8-6-15)23(33)32-10-9-16-3-1-2-4-22(16)32/h1-13H,14H2. The highest BCUT2D eigenvalue weighted by atomic mass is 35.5. The Hall–Kier alpha value is -3.29. The molecular weight excluding hydrogens is 488 g/mol. The summed E-state index contributed by atoms with van der Waals surface area (Å²) in [5.41, 5.74) is -1.29. The molecule has 2 heterocycles. The van der Waals surface area contributed by atoms with Crippen LogP contribution in [0.25, 0.3) is 10.9 Å². The third kappa shape index (κ3) is 3.75. The van der Waals surface area contributed by atoms with Gasteiger partial charge in [-0.3, -0.25) is 9.36 Å². The Morgan fingerprint density at radius 1 is 0.971 bits per heavy atom. The molecule has 1 unspecified atom stereocenters.